The van der Waals surface area contributed by atoms with Crippen molar-refractivity contribution in [3.8, 4) is 28.4 Å². The molecule has 5 aromatic carbocycles. The summed E-state index contributed by atoms with van der Waals surface area (Å²) >= 11 is 24.0. The van der Waals surface area contributed by atoms with Crippen LogP contribution >= 0.6 is 46.4 Å². The maximum Gasteiger partial charge on any atom is 0.196 e. The summed E-state index contributed by atoms with van der Waals surface area (Å²) in [4.78, 5) is 0. The topological polar surface area (TPSA) is 66.4 Å². The number of ether oxygens (including phenoxy) is 3. The minimum atomic E-state index is -1.92. The van der Waals surface area contributed by atoms with Crippen LogP contribution in [0.1, 0.15) is 84.1 Å². The largest absolute Gasteiger partial charge is 0.489 e. The van der Waals surface area contributed by atoms with Crippen molar-refractivity contribution in [2.45, 2.75) is 123 Å². The number of hydrogen-bond acceptors (Lipinski definition) is 6. The zero-order chi connectivity index (χ0) is 45.9. The molecule has 0 saturated heterocycles. The summed E-state index contributed by atoms with van der Waals surface area (Å²) in [6.07, 6.45) is 0.569. The molecule has 12 heteroatoms. The van der Waals surface area contributed by atoms with Gasteiger partial charge >= 0.3 is 0 Å². The van der Waals surface area contributed by atoms with Gasteiger partial charge in [-0.1, -0.05) is 143 Å². The number of hydrogen-bond donors (Lipinski definition) is 1. The van der Waals surface area contributed by atoms with Gasteiger partial charge in [0.1, 0.15) is 30.5 Å². The van der Waals surface area contributed by atoms with Crippen LogP contribution in [0.2, 0.25) is 56.4 Å². The third-order valence-electron chi connectivity index (χ3n) is 11.6. The van der Waals surface area contributed by atoms with Crippen LogP contribution in [0.5, 0.6) is 17.2 Å². The number of halogens is 4. The lowest BCUT2D eigenvalue weighted by atomic mass is 10.1. The van der Waals surface area contributed by atoms with Crippen LogP contribution in [-0.2, 0) is 22.1 Å². The van der Waals surface area contributed by atoms with E-state index >= 15 is 0 Å². The SMILES string of the molecule is CC(C)(C)[Si](C)(C)OCCC(O)c1ccc(OCc2ccc(Cl)c(Cl)c2)cc1.CCC(Oc1cccc(-c2ccc(OCc3ccc(Cl)c(Cl)c3)cc2)c1)O[Si](C)(C)C(C)(C)C. The first-order valence-electron chi connectivity index (χ1n) is 21.1. The van der Waals surface area contributed by atoms with Crippen molar-refractivity contribution in [3.63, 3.8) is 0 Å². The molecule has 2 unspecified atom stereocenters. The van der Waals surface area contributed by atoms with E-state index in [4.69, 9.17) is 69.5 Å². The first-order valence-corrected chi connectivity index (χ1v) is 28.4. The Morgan fingerprint density at radius 2 is 1.06 bits per heavy atom. The Morgan fingerprint density at radius 1 is 0.565 bits per heavy atom. The van der Waals surface area contributed by atoms with Crippen molar-refractivity contribution >= 4 is 63.0 Å². The Hall–Kier alpha value is -3.03. The third kappa shape index (κ3) is 15.6. The number of aliphatic hydroxyl groups excluding tert-OH is 1. The Labute approximate surface area is 393 Å². The molecule has 0 aliphatic carbocycles. The molecule has 1 N–H and O–H groups in total. The molecule has 6 nitrogen and oxygen atoms in total. The second kappa shape index (κ2) is 22.7. The molecule has 0 fully saturated rings. The van der Waals surface area contributed by atoms with E-state index in [1.807, 2.05) is 78.9 Å². The second-order valence-electron chi connectivity index (χ2n) is 18.4. The Kier molecular flexibility index (Phi) is 18.9. The van der Waals surface area contributed by atoms with Crippen LogP contribution in [-0.4, -0.2) is 34.6 Å². The normalized spacial score (nSPS) is 13.2. The highest BCUT2D eigenvalue weighted by Gasteiger charge is 2.39. The van der Waals surface area contributed by atoms with E-state index in [0.717, 1.165) is 51.5 Å². The monoisotopic (exact) mass is 956 g/mol. The lowest BCUT2D eigenvalue weighted by Crippen LogP contribution is -2.45. The van der Waals surface area contributed by atoms with Crippen molar-refractivity contribution in [2.24, 2.45) is 0 Å². The van der Waals surface area contributed by atoms with Gasteiger partial charge in [-0.25, -0.2) is 0 Å². The van der Waals surface area contributed by atoms with Crippen LogP contribution in [0.25, 0.3) is 11.1 Å². The molecule has 62 heavy (non-hydrogen) atoms. The van der Waals surface area contributed by atoms with Crippen LogP contribution < -0.4 is 14.2 Å². The number of rotatable bonds is 17. The van der Waals surface area contributed by atoms with Gasteiger partial charge in [-0.05, 0) is 131 Å². The standard InChI is InChI=1S/C28H34Cl2O3Si.C22H30Cl2O3Si/c1-7-27(33-34(5,6)28(2,3)4)32-24-10-8-9-22(18-24)21-12-14-23(15-13-21)31-19-20-11-16-25(29)26(30)17-20;1-22(2,3)28(4,5)27-13-12-21(25)17-7-9-18(10-8-17)26-15-16-6-11-19(23)20(24)14-16/h8-18,27H,7,19H2,1-6H3;6-11,14,21,25H,12-13,15H2,1-5H3. The summed E-state index contributed by atoms with van der Waals surface area (Å²) in [6.45, 7) is 25.8. The molecule has 0 aliphatic heterocycles. The van der Waals surface area contributed by atoms with Crippen molar-refractivity contribution in [1.82, 2.24) is 0 Å². The lowest BCUT2D eigenvalue weighted by molar-refractivity contribution is -0.00796. The van der Waals surface area contributed by atoms with Crippen LogP contribution in [0, 0.1) is 0 Å². The van der Waals surface area contributed by atoms with E-state index in [1.54, 1.807) is 18.2 Å². The lowest BCUT2D eigenvalue weighted by Gasteiger charge is -2.38. The quantitative estimate of drug-likeness (QED) is 0.0740. The van der Waals surface area contributed by atoms with Crippen molar-refractivity contribution in [1.29, 1.82) is 0 Å². The van der Waals surface area contributed by atoms with Crippen molar-refractivity contribution in [2.75, 3.05) is 6.61 Å². The summed E-state index contributed by atoms with van der Waals surface area (Å²) in [7, 11) is -3.70. The summed E-state index contributed by atoms with van der Waals surface area (Å²) in [6, 6.07) is 34.6. The highest BCUT2D eigenvalue weighted by molar-refractivity contribution is 6.74. The van der Waals surface area contributed by atoms with Crippen molar-refractivity contribution < 1.29 is 28.2 Å². The molecule has 2 atom stereocenters. The molecule has 0 radical (unpaired) electrons. The molecule has 0 spiro atoms. The maximum absolute atomic E-state index is 10.4. The Bertz CT molecular complexity index is 2170. The predicted octanol–water partition coefficient (Wildman–Crippen LogP) is 16.4. The van der Waals surface area contributed by atoms with E-state index in [0.29, 0.717) is 46.3 Å². The van der Waals surface area contributed by atoms with Crippen LogP contribution in [0.3, 0.4) is 0 Å². The average Bonchev–Trinajstić information content (AvgIpc) is 3.21. The molecule has 0 bridgehead atoms. The third-order valence-corrected chi connectivity index (χ3v) is 22.0. The fourth-order valence-electron chi connectivity index (χ4n) is 5.53. The van der Waals surface area contributed by atoms with Crippen LogP contribution in [0.4, 0.5) is 0 Å². The first-order chi connectivity index (χ1) is 29.0. The van der Waals surface area contributed by atoms with E-state index < -0.39 is 22.7 Å². The van der Waals surface area contributed by atoms with Gasteiger partial charge in [0.15, 0.2) is 22.9 Å². The summed E-state index contributed by atoms with van der Waals surface area (Å²) in [5.74, 6) is 2.33. The van der Waals surface area contributed by atoms with E-state index in [9.17, 15) is 5.11 Å². The molecule has 5 rings (SSSR count). The molecule has 0 saturated carbocycles. The van der Waals surface area contributed by atoms with Gasteiger partial charge in [0.25, 0.3) is 0 Å². The molecule has 336 valence electrons. The van der Waals surface area contributed by atoms with Crippen molar-refractivity contribution in [3.05, 3.63) is 146 Å². The summed E-state index contributed by atoms with van der Waals surface area (Å²) < 4.78 is 30.6. The maximum atomic E-state index is 10.4. The van der Waals surface area contributed by atoms with Gasteiger partial charge in [0.2, 0.25) is 0 Å². The first kappa shape index (κ1) is 51.6. The van der Waals surface area contributed by atoms with Gasteiger partial charge in [-0.3, -0.25) is 0 Å². The molecule has 0 heterocycles. The fraction of sp³-hybridized carbons (Fsp3) is 0.400. The van der Waals surface area contributed by atoms with Gasteiger partial charge in [0.05, 0.1) is 26.2 Å². The van der Waals surface area contributed by atoms with Crippen LogP contribution in [0.15, 0.2) is 109 Å². The van der Waals surface area contributed by atoms with E-state index in [1.165, 1.54) is 0 Å². The van der Waals surface area contributed by atoms with Gasteiger partial charge in [-0.2, -0.15) is 0 Å². The van der Waals surface area contributed by atoms with Gasteiger partial charge in [-0.15, -0.1) is 0 Å². The molecule has 5 aromatic rings. The summed E-state index contributed by atoms with van der Waals surface area (Å²) in [5.41, 5.74) is 4.94. The van der Waals surface area contributed by atoms with Gasteiger partial charge < -0.3 is 28.2 Å². The Morgan fingerprint density at radius 3 is 1.53 bits per heavy atom. The zero-order valence-corrected chi connectivity index (χ0v) is 43.1. The average molecular weight is 959 g/mol. The molecular weight excluding hydrogens is 895 g/mol. The fourth-order valence-corrected chi connectivity index (χ4v) is 8.46. The zero-order valence-electron chi connectivity index (χ0n) is 38.1. The van der Waals surface area contributed by atoms with Gasteiger partial charge in [0, 0.05) is 13.0 Å². The highest BCUT2D eigenvalue weighted by Crippen LogP contribution is 2.39. The van der Waals surface area contributed by atoms with E-state index in [2.05, 4.69) is 86.8 Å². The second-order valence-corrected chi connectivity index (χ2v) is 29.6. The smallest absolute Gasteiger partial charge is 0.196 e. The minimum Gasteiger partial charge on any atom is -0.489 e. The molecule has 0 amide bonds. The Balaban J connectivity index is 0.000000278. The van der Waals surface area contributed by atoms with E-state index in [-0.39, 0.29) is 16.4 Å². The number of benzene rings is 5. The predicted molar refractivity (Wildman–Crippen MR) is 266 cm³/mol. The molecular formula is C50H64Cl4O6Si2. The molecule has 0 aliphatic rings. The highest BCUT2D eigenvalue weighted by atomic mass is 35.5. The number of aliphatic hydroxyl groups is 1. The minimum absolute atomic E-state index is 0.134. The summed E-state index contributed by atoms with van der Waals surface area (Å²) in [5, 5.41) is 12.9. The molecule has 0 aromatic heterocycles.